The van der Waals surface area contributed by atoms with E-state index in [-0.39, 0.29) is 18.0 Å². The molecule has 0 bridgehead atoms. The topological polar surface area (TPSA) is 66.8 Å². The SMILES string of the molecule is Cn1nc2c(c1-c1cc(F)c(F)c(F)c1)CCN(C(=O)c1cnc3[nH]ccc3c1)C2. The number of aromatic nitrogens is 4. The van der Waals surface area contributed by atoms with Gasteiger partial charge in [-0.3, -0.25) is 9.48 Å². The standard InChI is InChI=1S/C21H16F3N5O/c1-28-19(12-7-15(22)18(24)16(23)8-12)14-3-5-29(10-17(14)27-28)21(30)13-6-11-2-4-25-20(11)26-9-13/h2,4,6-9H,3,5,10H2,1H3,(H,25,26). The number of amides is 1. The van der Waals surface area contributed by atoms with Crippen LogP contribution in [-0.4, -0.2) is 37.1 Å². The molecular weight excluding hydrogens is 395 g/mol. The number of halogens is 3. The van der Waals surface area contributed by atoms with Crippen molar-refractivity contribution in [3.05, 3.63) is 70.9 Å². The maximum Gasteiger partial charge on any atom is 0.255 e. The molecule has 1 aromatic carbocycles. The Hall–Kier alpha value is -3.62. The summed E-state index contributed by atoms with van der Waals surface area (Å²) in [6.07, 6.45) is 3.75. The lowest BCUT2D eigenvalue weighted by Crippen LogP contribution is -2.36. The predicted octanol–water partition coefficient (Wildman–Crippen LogP) is 3.58. The molecule has 9 heteroatoms. The van der Waals surface area contributed by atoms with Crippen molar-refractivity contribution in [2.24, 2.45) is 7.05 Å². The monoisotopic (exact) mass is 411 g/mol. The van der Waals surface area contributed by atoms with Gasteiger partial charge < -0.3 is 9.88 Å². The number of pyridine rings is 1. The molecule has 0 atom stereocenters. The van der Waals surface area contributed by atoms with Crippen molar-refractivity contribution in [3.8, 4) is 11.3 Å². The summed E-state index contributed by atoms with van der Waals surface area (Å²) in [4.78, 5) is 21.9. The molecule has 1 aliphatic rings. The molecule has 0 fully saturated rings. The van der Waals surface area contributed by atoms with Crippen LogP contribution in [0.5, 0.6) is 0 Å². The largest absolute Gasteiger partial charge is 0.346 e. The summed E-state index contributed by atoms with van der Waals surface area (Å²) in [6, 6.07) is 5.56. The van der Waals surface area contributed by atoms with Gasteiger partial charge >= 0.3 is 0 Å². The number of hydrogen-bond acceptors (Lipinski definition) is 3. The summed E-state index contributed by atoms with van der Waals surface area (Å²) >= 11 is 0. The molecule has 1 N–H and O–H groups in total. The Labute approximate surface area is 169 Å². The fourth-order valence-corrected chi connectivity index (χ4v) is 3.99. The Morgan fingerprint density at radius 3 is 2.70 bits per heavy atom. The first kappa shape index (κ1) is 18.4. The molecular formula is C21H16F3N5O. The van der Waals surface area contributed by atoms with E-state index in [1.54, 1.807) is 24.2 Å². The molecule has 0 radical (unpaired) electrons. The number of hydrogen-bond donors (Lipinski definition) is 1. The number of nitrogens with zero attached hydrogens (tertiary/aromatic N) is 4. The van der Waals surface area contributed by atoms with Crippen molar-refractivity contribution in [2.45, 2.75) is 13.0 Å². The van der Waals surface area contributed by atoms with E-state index in [1.807, 2.05) is 6.07 Å². The number of benzene rings is 1. The Bertz CT molecular complexity index is 1290. The quantitative estimate of drug-likeness (QED) is 0.513. The lowest BCUT2D eigenvalue weighted by Gasteiger charge is -2.26. The molecule has 4 aromatic rings. The van der Waals surface area contributed by atoms with Crippen LogP contribution in [0.15, 0.2) is 36.7 Å². The highest BCUT2D eigenvalue weighted by Gasteiger charge is 2.28. The molecule has 0 aliphatic carbocycles. The number of rotatable bonds is 2. The minimum atomic E-state index is -1.50. The van der Waals surface area contributed by atoms with Crippen LogP contribution in [0.4, 0.5) is 13.2 Å². The van der Waals surface area contributed by atoms with E-state index < -0.39 is 17.5 Å². The van der Waals surface area contributed by atoms with Gasteiger partial charge in [-0.15, -0.1) is 0 Å². The second-order valence-electron chi connectivity index (χ2n) is 7.27. The van der Waals surface area contributed by atoms with E-state index in [9.17, 15) is 18.0 Å². The van der Waals surface area contributed by atoms with E-state index in [4.69, 9.17) is 0 Å². The van der Waals surface area contributed by atoms with Gasteiger partial charge in [0.25, 0.3) is 5.91 Å². The van der Waals surface area contributed by atoms with Crippen molar-refractivity contribution < 1.29 is 18.0 Å². The minimum absolute atomic E-state index is 0.165. The van der Waals surface area contributed by atoms with Crippen LogP contribution in [0.25, 0.3) is 22.3 Å². The van der Waals surface area contributed by atoms with Gasteiger partial charge in [-0.05, 0) is 30.7 Å². The van der Waals surface area contributed by atoms with Crippen LogP contribution in [0.3, 0.4) is 0 Å². The highest BCUT2D eigenvalue weighted by Crippen LogP contribution is 2.32. The third-order valence-corrected chi connectivity index (χ3v) is 5.39. The van der Waals surface area contributed by atoms with E-state index in [1.165, 1.54) is 10.9 Å². The highest BCUT2D eigenvalue weighted by molar-refractivity contribution is 5.97. The van der Waals surface area contributed by atoms with Gasteiger partial charge in [0.15, 0.2) is 17.5 Å². The normalized spacial score (nSPS) is 13.7. The average molecular weight is 411 g/mol. The zero-order chi connectivity index (χ0) is 21.0. The number of carbonyl (C=O) groups excluding carboxylic acids is 1. The fraction of sp³-hybridized carbons (Fsp3) is 0.190. The maximum absolute atomic E-state index is 13.7. The van der Waals surface area contributed by atoms with Crippen LogP contribution >= 0.6 is 0 Å². The number of H-pyrrole nitrogens is 1. The smallest absolute Gasteiger partial charge is 0.255 e. The zero-order valence-corrected chi connectivity index (χ0v) is 15.9. The van der Waals surface area contributed by atoms with E-state index in [0.29, 0.717) is 35.6 Å². The number of nitrogens with one attached hydrogen (secondary N) is 1. The van der Waals surface area contributed by atoms with Crippen LogP contribution in [0.2, 0.25) is 0 Å². The first-order valence-corrected chi connectivity index (χ1v) is 9.34. The fourth-order valence-electron chi connectivity index (χ4n) is 3.99. The molecule has 3 aromatic heterocycles. The molecule has 0 saturated carbocycles. The first-order chi connectivity index (χ1) is 14.4. The molecule has 4 heterocycles. The van der Waals surface area contributed by atoms with Crippen LogP contribution < -0.4 is 0 Å². The highest BCUT2D eigenvalue weighted by atomic mass is 19.2. The minimum Gasteiger partial charge on any atom is -0.346 e. The van der Waals surface area contributed by atoms with Gasteiger partial charge in [-0.1, -0.05) is 0 Å². The van der Waals surface area contributed by atoms with E-state index >= 15 is 0 Å². The molecule has 0 saturated heterocycles. The number of aromatic amines is 1. The molecule has 6 nitrogen and oxygen atoms in total. The maximum atomic E-state index is 13.7. The summed E-state index contributed by atoms with van der Waals surface area (Å²) in [7, 11) is 1.66. The molecule has 30 heavy (non-hydrogen) atoms. The Morgan fingerprint density at radius 2 is 1.93 bits per heavy atom. The van der Waals surface area contributed by atoms with Crippen molar-refractivity contribution >= 4 is 16.9 Å². The lowest BCUT2D eigenvalue weighted by atomic mass is 9.99. The summed E-state index contributed by atoms with van der Waals surface area (Å²) in [5.41, 5.74) is 3.36. The van der Waals surface area contributed by atoms with E-state index in [0.717, 1.165) is 23.1 Å². The van der Waals surface area contributed by atoms with Gasteiger partial charge in [0.1, 0.15) is 5.65 Å². The summed E-state index contributed by atoms with van der Waals surface area (Å²) in [6.45, 7) is 0.682. The van der Waals surface area contributed by atoms with Gasteiger partial charge in [0.2, 0.25) is 0 Å². The third kappa shape index (κ3) is 2.85. The van der Waals surface area contributed by atoms with E-state index in [2.05, 4.69) is 15.1 Å². The van der Waals surface area contributed by atoms with Gasteiger partial charge in [0.05, 0.1) is 23.5 Å². The van der Waals surface area contributed by atoms with Gasteiger partial charge in [-0.25, -0.2) is 18.2 Å². The Kier molecular flexibility index (Phi) is 4.12. The number of fused-ring (bicyclic) bond motifs is 2. The van der Waals surface area contributed by atoms with Crippen LogP contribution in [0, 0.1) is 17.5 Å². The average Bonchev–Trinajstić information content (AvgIpc) is 3.33. The number of aryl methyl sites for hydroxylation is 1. The third-order valence-electron chi connectivity index (χ3n) is 5.39. The Morgan fingerprint density at radius 1 is 1.17 bits per heavy atom. The molecule has 5 rings (SSSR count). The molecule has 1 aliphatic heterocycles. The van der Waals surface area contributed by atoms with Gasteiger partial charge in [-0.2, -0.15) is 5.10 Å². The summed E-state index contributed by atoms with van der Waals surface area (Å²) < 4.78 is 42.3. The molecule has 1 amide bonds. The molecule has 152 valence electrons. The van der Waals surface area contributed by atoms with Gasteiger partial charge in [0, 0.05) is 42.5 Å². The lowest BCUT2D eigenvalue weighted by molar-refractivity contribution is 0.0732. The van der Waals surface area contributed by atoms with Crippen molar-refractivity contribution in [3.63, 3.8) is 0 Å². The summed E-state index contributed by atoms with van der Waals surface area (Å²) in [5, 5.41) is 5.29. The first-order valence-electron chi connectivity index (χ1n) is 9.34. The second-order valence-corrected chi connectivity index (χ2v) is 7.27. The predicted molar refractivity (Wildman–Crippen MR) is 103 cm³/mol. The Balaban J connectivity index is 1.46. The van der Waals surface area contributed by atoms with Crippen molar-refractivity contribution in [2.75, 3.05) is 6.54 Å². The molecule has 0 spiro atoms. The van der Waals surface area contributed by atoms with Crippen molar-refractivity contribution in [1.29, 1.82) is 0 Å². The van der Waals surface area contributed by atoms with Crippen LogP contribution in [-0.2, 0) is 20.0 Å². The molecule has 0 unspecified atom stereocenters. The number of carbonyl (C=O) groups is 1. The zero-order valence-electron chi connectivity index (χ0n) is 15.9. The van der Waals surface area contributed by atoms with Crippen molar-refractivity contribution in [1.82, 2.24) is 24.6 Å². The summed E-state index contributed by atoms with van der Waals surface area (Å²) in [5.74, 6) is -4.16. The second kappa shape index (κ2) is 6.72. The van der Waals surface area contributed by atoms with Crippen LogP contribution in [0.1, 0.15) is 21.6 Å².